The summed E-state index contributed by atoms with van der Waals surface area (Å²) in [6.45, 7) is 10.6. The van der Waals surface area contributed by atoms with Gasteiger partial charge >= 0.3 is 7.12 Å². The monoisotopic (exact) mass is 595 g/mol. The topological polar surface area (TPSA) is 132 Å². The van der Waals surface area contributed by atoms with Gasteiger partial charge in [-0.3, -0.25) is 14.6 Å². The van der Waals surface area contributed by atoms with Crippen LogP contribution in [0, 0.1) is 0 Å². The Morgan fingerprint density at radius 3 is 2.30 bits per heavy atom. The van der Waals surface area contributed by atoms with Crippen molar-refractivity contribution >= 4 is 25.2 Å². The summed E-state index contributed by atoms with van der Waals surface area (Å²) in [5.41, 5.74) is 1.01. The second kappa shape index (κ2) is 16.6. The van der Waals surface area contributed by atoms with E-state index in [-0.39, 0.29) is 48.7 Å². The lowest BCUT2D eigenvalue weighted by Gasteiger charge is -2.32. The molecule has 3 heterocycles. The molecule has 2 saturated heterocycles. The van der Waals surface area contributed by atoms with E-state index in [2.05, 4.69) is 78.6 Å². The number of carbonyl (C=O) groups excluding carboxylic acids is 3. The van der Waals surface area contributed by atoms with Gasteiger partial charge in [-0.05, 0) is 66.0 Å². The van der Waals surface area contributed by atoms with Gasteiger partial charge < -0.3 is 34.4 Å². The lowest BCUT2D eigenvalue weighted by molar-refractivity contribution is -0.135. The Bertz CT molecular complexity index is 1130. The maximum Gasteiger partial charge on any atom is 0.476 e. The first-order chi connectivity index (χ1) is 20.6. The number of hydrogen-bond donors (Lipinski definition) is 2. The molecular formula is C31H46BN5O6. The molecule has 11 nitrogen and oxygen atoms in total. The first-order valence-electron chi connectivity index (χ1n) is 15.0. The highest BCUT2D eigenvalue weighted by Gasteiger charge is 2.53. The molecule has 0 bridgehead atoms. The number of nitrogens with zero attached hydrogens (tertiary/aromatic N) is 3. The number of hydrogen-bond acceptors (Lipinski definition) is 9. The van der Waals surface area contributed by atoms with Gasteiger partial charge in [-0.2, -0.15) is 0 Å². The molecule has 234 valence electrons. The van der Waals surface area contributed by atoms with Gasteiger partial charge in [0.05, 0.1) is 36.7 Å². The van der Waals surface area contributed by atoms with Crippen molar-refractivity contribution in [2.45, 2.75) is 83.0 Å². The van der Waals surface area contributed by atoms with Crippen molar-refractivity contribution in [3.8, 4) is 0 Å². The number of benzene rings is 1. The van der Waals surface area contributed by atoms with Gasteiger partial charge in [0.1, 0.15) is 12.0 Å². The fourth-order valence-electron chi connectivity index (χ4n) is 4.72. The van der Waals surface area contributed by atoms with Gasteiger partial charge in [0.2, 0.25) is 5.91 Å². The van der Waals surface area contributed by atoms with Crippen LogP contribution >= 0.6 is 0 Å². The van der Waals surface area contributed by atoms with Crippen LogP contribution in [0.4, 0.5) is 0 Å². The van der Waals surface area contributed by atoms with Crippen molar-refractivity contribution in [2.24, 2.45) is 0 Å². The van der Waals surface area contributed by atoms with Crippen LogP contribution in [0.2, 0.25) is 0 Å². The van der Waals surface area contributed by atoms with Crippen LogP contribution in [-0.2, 0) is 30.1 Å². The summed E-state index contributed by atoms with van der Waals surface area (Å²) in [4.78, 5) is 44.3. The molecule has 12 heteroatoms. The normalized spacial score (nSPS) is 18.6. The molecule has 1 aromatic carbocycles. The number of carbonyl (C=O) groups is 3. The molecule has 43 heavy (non-hydrogen) atoms. The van der Waals surface area contributed by atoms with Gasteiger partial charge in [-0.1, -0.05) is 30.3 Å². The van der Waals surface area contributed by atoms with Crippen LogP contribution in [0.3, 0.4) is 0 Å². The van der Waals surface area contributed by atoms with Gasteiger partial charge in [0, 0.05) is 37.8 Å². The van der Waals surface area contributed by atoms with Gasteiger partial charge in [0.25, 0.3) is 5.91 Å². The average molecular weight is 596 g/mol. The van der Waals surface area contributed by atoms with Crippen molar-refractivity contribution in [1.82, 2.24) is 25.5 Å². The third kappa shape index (κ3) is 10.5. The van der Waals surface area contributed by atoms with Crippen LogP contribution in [0.15, 0.2) is 48.9 Å². The second-order valence-electron chi connectivity index (χ2n) is 11.7. The van der Waals surface area contributed by atoms with E-state index in [0.29, 0.717) is 32.6 Å². The minimum atomic E-state index is -0.723. The van der Waals surface area contributed by atoms with E-state index in [1.54, 1.807) is 4.90 Å². The Hall–Kier alpha value is -3.19. The van der Waals surface area contributed by atoms with Crippen molar-refractivity contribution in [3.63, 3.8) is 0 Å². The Morgan fingerprint density at radius 2 is 1.72 bits per heavy atom. The van der Waals surface area contributed by atoms with E-state index in [1.165, 1.54) is 24.2 Å². The Kier molecular flexibility index (Phi) is 13.2. The Labute approximate surface area is 255 Å². The van der Waals surface area contributed by atoms with Crippen molar-refractivity contribution in [1.29, 1.82) is 0 Å². The average Bonchev–Trinajstić information content (AvgIpc) is 3.24. The molecule has 2 amide bonds. The summed E-state index contributed by atoms with van der Waals surface area (Å²) >= 11 is 0. The van der Waals surface area contributed by atoms with Crippen molar-refractivity contribution in [2.75, 3.05) is 33.4 Å². The highest BCUT2D eigenvalue weighted by molar-refractivity contribution is 6.47. The van der Waals surface area contributed by atoms with Crippen LogP contribution < -0.4 is 10.6 Å². The fourth-order valence-corrected chi connectivity index (χ4v) is 4.72. The van der Waals surface area contributed by atoms with E-state index in [1.807, 2.05) is 7.05 Å². The smallest absolute Gasteiger partial charge is 0.402 e. The number of nitrogens with one attached hydrogen (secondary N) is 2. The number of rotatable bonds is 12. The maximum absolute atomic E-state index is 12.0. The predicted molar refractivity (Wildman–Crippen MR) is 164 cm³/mol. The quantitative estimate of drug-likeness (QED) is 0.281. The van der Waals surface area contributed by atoms with E-state index < -0.39 is 11.9 Å². The molecule has 0 aliphatic carbocycles. The number of morpholine rings is 1. The molecule has 2 aliphatic rings. The van der Waals surface area contributed by atoms with Crippen LogP contribution in [-0.4, -0.2) is 96.6 Å². The maximum atomic E-state index is 12.0. The third-order valence-corrected chi connectivity index (χ3v) is 8.10. The largest absolute Gasteiger partial charge is 0.476 e. The number of amides is 2. The summed E-state index contributed by atoms with van der Waals surface area (Å²) in [6, 6.07) is 9.90. The molecule has 2 atom stereocenters. The van der Waals surface area contributed by atoms with Crippen molar-refractivity contribution < 1.29 is 28.4 Å². The Morgan fingerprint density at radius 1 is 1.05 bits per heavy atom. The number of aldehydes is 1. The van der Waals surface area contributed by atoms with Crippen LogP contribution in [0.1, 0.15) is 69.4 Å². The van der Waals surface area contributed by atoms with Gasteiger partial charge in [-0.15, -0.1) is 0 Å². The molecule has 2 fully saturated rings. The summed E-state index contributed by atoms with van der Waals surface area (Å²) in [7, 11) is 1.81. The fraction of sp³-hybridized carbons (Fsp3) is 0.581. The zero-order valence-corrected chi connectivity index (χ0v) is 26.1. The minimum Gasteiger partial charge on any atom is -0.402 e. The van der Waals surface area contributed by atoms with Gasteiger partial charge in [-0.25, -0.2) is 4.98 Å². The van der Waals surface area contributed by atoms with E-state index >= 15 is 0 Å². The predicted octanol–water partition coefficient (Wildman–Crippen LogP) is 2.64. The zero-order chi connectivity index (χ0) is 31.3. The first kappa shape index (κ1) is 34.3. The van der Waals surface area contributed by atoms with Crippen LogP contribution in [0.25, 0.3) is 0 Å². The second-order valence-corrected chi connectivity index (χ2v) is 11.7. The zero-order valence-electron chi connectivity index (χ0n) is 26.1. The summed E-state index contributed by atoms with van der Waals surface area (Å²) in [5.74, 6) is -0.289. The molecule has 4 rings (SSSR count). The molecule has 0 radical (unpaired) electrons. The first-order valence-corrected chi connectivity index (χ1v) is 15.0. The molecule has 2 unspecified atom stereocenters. The van der Waals surface area contributed by atoms with E-state index in [9.17, 15) is 14.4 Å². The molecule has 2 aromatic rings. The van der Waals surface area contributed by atoms with E-state index in [4.69, 9.17) is 14.0 Å². The number of ether oxygens (including phenoxy) is 1. The highest BCUT2D eigenvalue weighted by atomic mass is 16.7. The highest BCUT2D eigenvalue weighted by Crippen LogP contribution is 2.38. The third-order valence-electron chi connectivity index (χ3n) is 8.10. The van der Waals surface area contributed by atoms with Gasteiger partial charge in [0.15, 0.2) is 0 Å². The number of aryl methyl sites for hydroxylation is 1. The molecule has 2 N–H and O–H groups in total. The molecular weight excluding hydrogens is 549 g/mol. The lowest BCUT2D eigenvalue weighted by Crippen LogP contribution is -2.43. The molecule has 2 aliphatic heterocycles. The molecule has 0 spiro atoms. The summed E-state index contributed by atoms with van der Waals surface area (Å²) < 4.78 is 17.4. The lowest BCUT2D eigenvalue weighted by atomic mass is 9.75. The minimum absolute atomic E-state index is 0.0381. The Balaban J connectivity index is 0.000000236. The van der Waals surface area contributed by atoms with Crippen molar-refractivity contribution in [3.05, 3.63) is 60.2 Å². The standard InChI is InChI=1S/C17H28BNO2.C14H18N4O4/c1-16(2)17(3,4)21-18(20-16)15(19-5)13-9-12-14-10-7-6-8-11-14;19-10-11(17-14(21)12-9-15-3-4-16-12)1-2-13(20)18-5-7-22-8-6-18/h6-8,10-11,15,19H,9,12-13H2,1-5H3;3-4,9-11H,1-2,5-8H2,(H,17,21). The SMILES string of the molecule is CNC(CCCc1ccccc1)B1OC(C)(C)C(C)(C)O1.O=CC(CCC(=O)N1CCOCC1)NC(=O)c1cnccn1. The van der Waals surface area contributed by atoms with Crippen LogP contribution in [0.5, 0.6) is 0 Å². The van der Waals surface area contributed by atoms with E-state index in [0.717, 1.165) is 19.3 Å². The summed E-state index contributed by atoms with van der Waals surface area (Å²) in [5, 5.41) is 5.89. The molecule has 1 aromatic heterocycles. The number of aromatic nitrogens is 2. The molecule has 0 saturated carbocycles. The summed E-state index contributed by atoms with van der Waals surface area (Å²) in [6.07, 6.45) is 8.51.